The Bertz CT molecular complexity index is 71.0. The maximum absolute atomic E-state index is 3.70. The highest BCUT2D eigenvalue weighted by Crippen LogP contribution is 1.89. The molecule has 0 bridgehead atoms. The molecule has 3 nitrogen and oxygen atoms in total. The molecule has 40 valence electrons. The van der Waals surface area contributed by atoms with Crippen LogP contribution in [-0.2, 0) is 0 Å². The van der Waals surface area contributed by atoms with E-state index in [0.717, 1.165) is 18.7 Å². The summed E-state index contributed by atoms with van der Waals surface area (Å²) in [5.74, 6) is 0. The van der Waals surface area contributed by atoms with E-state index in [1.54, 1.807) is 0 Å². The third kappa shape index (κ3) is 1.17. The van der Waals surface area contributed by atoms with Gasteiger partial charge >= 0.3 is 0 Å². The van der Waals surface area contributed by atoms with Gasteiger partial charge in [-0.2, -0.15) is 5.53 Å². The Morgan fingerprint density at radius 1 is 1.57 bits per heavy atom. The van der Waals surface area contributed by atoms with Gasteiger partial charge in [-0.15, -0.1) is 0 Å². The highest BCUT2D eigenvalue weighted by atomic mass is 15.6. The van der Waals surface area contributed by atoms with Gasteiger partial charge in [0.1, 0.15) is 0 Å². The maximum atomic E-state index is 3.70. The van der Waals surface area contributed by atoms with Crippen molar-refractivity contribution in [3.63, 3.8) is 0 Å². The van der Waals surface area contributed by atoms with Crippen LogP contribution in [0.2, 0.25) is 0 Å². The molecule has 0 aromatic rings. The van der Waals surface area contributed by atoms with Gasteiger partial charge in [0.05, 0.1) is 0 Å². The van der Waals surface area contributed by atoms with Crippen molar-refractivity contribution < 1.29 is 0 Å². The van der Waals surface area contributed by atoms with Crippen LogP contribution in [0.15, 0.2) is 12.3 Å². The van der Waals surface area contributed by atoms with Crippen molar-refractivity contribution in [1.29, 1.82) is 0 Å². The van der Waals surface area contributed by atoms with Gasteiger partial charge in [-0.25, -0.2) is 5.43 Å². The van der Waals surface area contributed by atoms with Crippen LogP contribution in [0.25, 0.3) is 0 Å². The van der Waals surface area contributed by atoms with Crippen LogP contribution in [0.5, 0.6) is 0 Å². The molecule has 1 aliphatic heterocycles. The first kappa shape index (κ1) is 4.61. The summed E-state index contributed by atoms with van der Waals surface area (Å²) in [6.45, 7) is 4.66. The lowest BCUT2D eigenvalue weighted by atomic mass is 10.3. The van der Waals surface area contributed by atoms with Crippen LogP contribution in [0.1, 0.15) is 6.42 Å². The van der Waals surface area contributed by atoms with E-state index in [9.17, 15) is 0 Å². The molecule has 1 aliphatic rings. The van der Waals surface area contributed by atoms with Crippen LogP contribution < -0.4 is 16.4 Å². The predicted molar refractivity (Wildman–Crippen MR) is 28.0 cm³/mol. The third-order valence-corrected chi connectivity index (χ3v) is 0.879. The largest absolute Gasteiger partial charge is 0.313 e. The minimum Gasteiger partial charge on any atom is -0.313 e. The van der Waals surface area contributed by atoms with E-state index in [0.29, 0.717) is 0 Å². The summed E-state index contributed by atoms with van der Waals surface area (Å²) in [5.41, 5.74) is 9.50. The van der Waals surface area contributed by atoms with Gasteiger partial charge in [-0.1, -0.05) is 6.58 Å². The molecule has 0 radical (unpaired) electrons. The zero-order chi connectivity index (χ0) is 5.11. The lowest BCUT2D eigenvalue weighted by Gasteiger charge is -2.16. The number of nitrogens with one attached hydrogen (secondary N) is 3. The molecule has 1 fully saturated rings. The van der Waals surface area contributed by atoms with Crippen LogP contribution in [0.4, 0.5) is 0 Å². The van der Waals surface area contributed by atoms with Gasteiger partial charge in [0.15, 0.2) is 0 Å². The van der Waals surface area contributed by atoms with E-state index < -0.39 is 0 Å². The molecule has 1 heterocycles. The highest BCUT2D eigenvalue weighted by molar-refractivity contribution is 4.91. The average molecular weight is 99.1 g/mol. The number of hydrazine groups is 2. The second-order valence-corrected chi connectivity index (χ2v) is 1.53. The van der Waals surface area contributed by atoms with Gasteiger partial charge < -0.3 is 5.43 Å². The fourth-order valence-electron chi connectivity index (χ4n) is 0.471. The Morgan fingerprint density at radius 2 is 2.43 bits per heavy atom. The summed E-state index contributed by atoms with van der Waals surface area (Å²) in [6, 6.07) is 0. The molecule has 7 heavy (non-hydrogen) atoms. The molecule has 0 spiro atoms. The molecule has 0 atom stereocenters. The molecule has 3 heteroatoms. The van der Waals surface area contributed by atoms with E-state index in [-0.39, 0.29) is 0 Å². The third-order valence-electron chi connectivity index (χ3n) is 0.879. The number of hydrogen-bond donors (Lipinski definition) is 3. The molecule has 0 aromatic heterocycles. The Hall–Kier alpha value is -0.540. The normalized spacial score (nSPS) is 21.4. The molecule has 3 N–H and O–H groups in total. The Kier molecular flexibility index (Phi) is 1.29. The summed E-state index contributed by atoms with van der Waals surface area (Å²) in [5, 5.41) is 0. The zero-order valence-electron chi connectivity index (χ0n) is 4.12. The van der Waals surface area contributed by atoms with Gasteiger partial charge in [0, 0.05) is 18.7 Å². The van der Waals surface area contributed by atoms with Crippen LogP contribution in [0.3, 0.4) is 0 Å². The predicted octanol–water partition coefficient (Wildman–Crippen LogP) is -0.497. The Morgan fingerprint density at radius 3 is 2.71 bits per heavy atom. The zero-order valence-corrected chi connectivity index (χ0v) is 4.12. The van der Waals surface area contributed by atoms with E-state index >= 15 is 0 Å². The highest BCUT2D eigenvalue weighted by Gasteiger charge is 1.96. The van der Waals surface area contributed by atoms with Crippen LogP contribution >= 0.6 is 0 Å². The van der Waals surface area contributed by atoms with Crippen molar-refractivity contribution >= 4 is 0 Å². The van der Waals surface area contributed by atoms with Crippen molar-refractivity contribution in [1.82, 2.24) is 16.4 Å². The van der Waals surface area contributed by atoms with Crippen molar-refractivity contribution in [2.45, 2.75) is 6.42 Å². The van der Waals surface area contributed by atoms with Gasteiger partial charge in [0.25, 0.3) is 0 Å². The first-order chi connectivity index (χ1) is 3.39. The van der Waals surface area contributed by atoms with Crippen molar-refractivity contribution in [2.24, 2.45) is 0 Å². The Labute approximate surface area is 42.7 Å². The van der Waals surface area contributed by atoms with E-state index in [1.807, 2.05) is 0 Å². The van der Waals surface area contributed by atoms with E-state index in [2.05, 4.69) is 23.0 Å². The Balaban J connectivity index is 2.25. The van der Waals surface area contributed by atoms with Crippen LogP contribution in [-0.4, -0.2) is 6.54 Å². The average Bonchev–Trinajstić information content (AvgIpc) is 1.69. The second-order valence-electron chi connectivity index (χ2n) is 1.53. The van der Waals surface area contributed by atoms with Gasteiger partial charge in [0.2, 0.25) is 0 Å². The van der Waals surface area contributed by atoms with Crippen LogP contribution in [0, 0.1) is 0 Å². The minimum absolute atomic E-state index is 0.964. The summed E-state index contributed by atoms with van der Waals surface area (Å²) < 4.78 is 0. The molecule has 1 saturated heterocycles. The SMILES string of the molecule is C=C1CCNNN1. The molecule has 1 rings (SSSR count). The topological polar surface area (TPSA) is 36.1 Å². The molecular formula is C4H9N3. The van der Waals surface area contributed by atoms with E-state index in [4.69, 9.17) is 0 Å². The molecule has 0 aliphatic carbocycles. The smallest absolute Gasteiger partial charge is 0.0216 e. The minimum atomic E-state index is 0.964. The molecule has 0 saturated carbocycles. The van der Waals surface area contributed by atoms with Crippen molar-refractivity contribution in [2.75, 3.05) is 6.54 Å². The summed E-state index contributed by atoms with van der Waals surface area (Å²) in [4.78, 5) is 0. The van der Waals surface area contributed by atoms with Crippen molar-refractivity contribution in [3.8, 4) is 0 Å². The number of rotatable bonds is 0. The summed E-state index contributed by atoms with van der Waals surface area (Å²) in [6.07, 6.45) is 1.01. The quantitative estimate of drug-likeness (QED) is 0.383. The summed E-state index contributed by atoms with van der Waals surface area (Å²) >= 11 is 0. The van der Waals surface area contributed by atoms with E-state index in [1.165, 1.54) is 0 Å². The van der Waals surface area contributed by atoms with Crippen molar-refractivity contribution in [3.05, 3.63) is 12.3 Å². The fourth-order valence-corrected chi connectivity index (χ4v) is 0.471. The number of hydrogen-bond acceptors (Lipinski definition) is 3. The molecule has 0 unspecified atom stereocenters. The first-order valence-corrected chi connectivity index (χ1v) is 2.31. The first-order valence-electron chi connectivity index (χ1n) is 2.31. The molecular weight excluding hydrogens is 90.1 g/mol. The fraction of sp³-hybridized carbons (Fsp3) is 0.500. The molecule has 0 aromatic carbocycles. The lowest BCUT2D eigenvalue weighted by Crippen LogP contribution is -2.47. The second kappa shape index (κ2) is 1.95. The maximum Gasteiger partial charge on any atom is 0.0216 e. The monoisotopic (exact) mass is 99.1 g/mol. The lowest BCUT2D eigenvalue weighted by molar-refractivity contribution is 0.420. The van der Waals surface area contributed by atoms with Gasteiger partial charge in [-0.05, 0) is 0 Å². The summed E-state index contributed by atoms with van der Waals surface area (Å²) in [7, 11) is 0. The molecule has 0 amide bonds. The standard InChI is InChI=1S/C4H9N3/c1-4-2-3-5-7-6-4/h5-7H,1-3H2. The van der Waals surface area contributed by atoms with Gasteiger partial charge in [-0.3, -0.25) is 0 Å².